The lowest BCUT2D eigenvalue weighted by molar-refractivity contribution is 0.0954. The van der Waals surface area contributed by atoms with Gasteiger partial charge in [-0.1, -0.05) is 0 Å². The fourth-order valence-electron chi connectivity index (χ4n) is 3.32. The molecule has 7 nitrogen and oxygen atoms in total. The zero-order valence-corrected chi connectivity index (χ0v) is 14.4. The van der Waals surface area contributed by atoms with Crippen molar-refractivity contribution in [1.29, 1.82) is 0 Å². The van der Waals surface area contributed by atoms with Gasteiger partial charge in [-0.2, -0.15) is 0 Å². The van der Waals surface area contributed by atoms with E-state index in [1.807, 2.05) is 18.5 Å². The van der Waals surface area contributed by atoms with E-state index in [1.165, 1.54) is 11.3 Å². The number of amides is 1. The molecule has 3 heterocycles. The number of hydrogen-bond acceptors (Lipinski definition) is 5. The number of fused-ring (bicyclic) bond motifs is 2. The van der Waals surface area contributed by atoms with E-state index in [4.69, 9.17) is 0 Å². The molecule has 25 heavy (non-hydrogen) atoms. The molecule has 0 radical (unpaired) electrons. The molecule has 0 fully saturated rings. The van der Waals surface area contributed by atoms with Crippen molar-refractivity contribution in [3.05, 3.63) is 46.9 Å². The second-order valence-electron chi connectivity index (χ2n) is 6.43. The van der Waals surface area contributed by atoms with E-state index in [0.29, 0.717) is 24.0 Å². The molecular formula is C18H20N6O. The summed E-state index contributed by atoms with van der Waals surface area (Å²) in [6.07, 6.45) is 7.17. The molecule has 4 rings (SSSR count). The predicted molar refractivity (Wildman–Crippen MR) is 93.3 cm³/mol. The van der Waals surface area contributed by atoms with Crippen LogP contribution in [0.2, 0.25) is 0 Å². The Morgan fingerprint density at radius 1 is 1.28 bits per heavy atom. The number of aromatic nitrogens is 5. The highest BCUT2D eigenvalue weighted by Crippen LogP contribution is 2.22. The van der Waals surface area contributed by atoms with E-state index < -0.39 is 0 Å². The monoisotopic (exact) mass is 336 g/mol. The molecule has 0 spiro atoms. The first kappa shape index (κ1) is 15.7. The van der Waals surface area contributed by atoms with Crippen LogP contribution >= 0.6 is 0 Å². The summed E-state index contributed by atoms with van der Waals surface area (Å²) in [5.74, 6) is 0.648. The Hall–Kier alpha value is -2.83. The van der Waals surface area contributed by atoms with E-state index in [9.17, 15) is 4.79 Å². The van der Waals surface area contributed by atoms with Gasteiger partial charge in [0, 0.05) is 37.6 Å². The minimum absolute atomic E-state index is 0.155. The summed E-state index contributed by atoms with van der Waals surface area (Å²) in [5, 5.41) is 2.91. The van der Waals surface area contributed by atoms with Crippen LogP contribution in [0.4, 0.5) is 0 Å². The van der Waals surface area contributed by atoms with Gasteiger partial charge in [-0.15, -0.1) is 0 Å². The second-order valence-corrected chi connectivity index (χ2v) is 6.43. The number of rotatable bonds is 4. The largest absolute Gasteiger partial charge is 0.352 e. The lowest BCUT2D eigenvalue weighted by Crippen LogP contribution is -2.26. The van der Waals surface area contributed by atoms with Crippen LogP contribution < -0.4 is 5.32 Å². The highest BCUT2D eigenvalue weighted by atomic mass is 16.1. The third kappa shape index (κ3) is 2.97. The van der Waals surface area contributed by atoms with Crippen molar-refractivity contribution in [3.8, 4) is 0 Å². The van der Waals surface area contributed by atoms with Gasteiger partial charge in [-0.25, -0.2) is 19.9 Å². The van der Waals surface area contributed by atoms with E-state index >= 15 is 0 Å². The fraction of sp³-hybridized carbons (Fsp3) is 0.389. The van der Waals surface area contributed by atoms with Gasteiger partial charge in [-0.3, -0.25) is 4.79 Å². The number of carbonyl (C=O) groups is 1. The summed E-state index contributed by atoms with van der Waals surface area (Å²) in [7, 11) is 1.88. The standard InChI is InChI=1S/C18H20N6O/c1-11-13-4-3-5-14(13)23-16(22-11)6-7-19-18(25)12-8-15-17(20-9-12)24(2)10-21-15/h8-10H,3-7H2,1-2H3,(H,19,25). The molecule has 1 aliphatic rings. The molecular weight excluding hydrogens is 316 g/mol. The van der Waals surface area contributed by atoms with Crippen LogP contribution in [0.5, 0.6) is 0 Å². The maximum Gasteiger partial charge on any atom is 0.252 e. The third-order valence-electron chi connectivity index (χ3n) is 4.63. The van der Waals surface area contributed by atoms with Crippen molar-refractivity contribution in [2.24, 2.45) is 7.05 Å². The molecule has 0 bridgehead atoms. The van der Waals surface area contributed by atoms with Crippen molar-refractivity contribution in [2.45, 2.75) is 32.6 Å². The molecule has 0 unspecified atom stereocenters. The zero-order chi connectivity index (χ0) is 17.4. The SMILES string of the molecule is Cc1nc(CCNC(=O)c2cnc3c(c2)ncn3C)nc2c1CCC2. The normalized spacial score (nSPS) is 13.2. The van der Waals surface area contributed by atoms with Crippen LogP contribution in [0, 0.1) is 6.92 Å². The molecule has 1 N–H and O–H groups in total. The van der Waals surface area contributed by atoms with Crippen molar-refractivity contribution >= 4 is 17.1 Å². The summed E-state index contributed by atoms with van der Waals surface area (Å²) in [4.78, 5) is 30.0. The van der Waals surface area contributed by atoms with Gasteiger partial charge in [0.2, 0.25) is 0 Å². The van der Waals surface area contributed by atoms with E-state index in [-0.39, 0.29) is 5.91 Å². The fourth-order valence-corrected chi connectivity index (χ4v) is 3.32. The van der Waals surface area contributed by atoms with Gasteiger partial charge in [-0.05, 0) is 37.8 Å². The molecule has 3 aromatic heterocycles. The van der Waals surface area contributed by atoms with Gasteiger partial charge in [0.1, 0.15) is 11.3 Å². The summed E-state index contributed by atoms with van der Waals surface area (Å²) in [5.41, 5.74) is 5.55. The summed E-state index contributed by atoms with van der Waals surface area (Å²) in [6, 6.07) is 1.76. The van der Waals surface area contributed by atoms with Crippen molar-refractivity contribution < 1.29 is 4.79 Å². The highest BCUT2D eigenvalue weighted by Gasteiger charge is 2.17. The number of carbonyl (C=O) groups excluding carboxylic acids is 1. The first-order chi connectivity index (χ1) is 12.1. The lowest BCUT2D eigenvalue weighted by Gasteiger charge is -2.08. The summed E-state index contributed by atoms with van der Waals surface area (Å²) < 4.78 is 1.82. The second kappa shape index (κ2) is 6.23. The molecule has 7 heteroatoms. The number of nitrogens with one attached hydrogen (secondary N) is 1. The van der Waals surface area contributed by atoms with E-state index in [0.717, 1.165) is 36.4 Å². The number of imidazole rings is 1. The van der Waals surface area contributed by atoms with E-state index in [1.54, 1.807) is 18.6 Å². The minimum atomic E-state index is -0.155. The topological polar surface area (TPSA) is 85.6 Å². The van der Waals surface area contributed by atoms with Gasteiger partial charge in [0.15, 0.2) is 5.65 Å². The Bertz CT molecular complexity index is 962. The quantitative estimate of drug-likeness (QED) is 0.781. The predicted octanol–water partition coefficient (Wildman–Crippen LogP) is 1.53. The average Bonchev–Trinajstić information content (AvgIpc) is 3.22. The summed E-state index contributed by atoms with van der Waals surface area (Å²) >= 11 is 0. The molecule has 128 valence electrons. The van der Waals surface area contributed by atoms with Gasteiger partial charge in [0.05, 0.1) is 11.9 Å². The number of pyridine rings is 1. The first-order valence-electron chi connectivity index (χ1n) is 8.52. The maximum atomic E-state index is 12.3. The first-order valence-corrected chi connectivity index (χ1v) is 8.52. The van der Waals surface area contributed by atoms with Crippen LogP contribution in [0.1, 0.15) is 39.6 Å². The number of nitrogens with zero attached hydrogens (tertiary/aromatic N) is 5. The molecule has 0 saturated carbocycles. The van der Waals surface area contributed by atoms with Gasteiger partial charge >= 0.3 is 0 Å². The minimum Gasteiger partial charge on any atom is -0.352 e. The van der Waals surface area contributed by atoms with Gasteiger partial charge in [0.25, 0.3) is 5.91 Å². The lowest BCUT2D eigenvalue weighted by atomic mass is 10.2. The third-order valence-corrected chi connectivity index (χ3v) is 4.63. The Morgan fingerprint density at radius 2 is 2.16 bits per heavy atom. The van der Waals surface area contributed by atoms with E-state index in [2.05, 4.69) is 25.3 Å². The van der Waals surface area contributed by atoms with Crippen LogP contribution in [0.3, 0.4) is 0 Å². The summed E-state index contributed by atoms with van der Waals surface area (Å²) in [6.45, 7) is 2.54. The van der Waals surface area contributed by atoms with Crippen molar-refractivity contribution in [3.63, 3.8) is 0 Å². The maximum absolute atomic E-state index is 12.3. The number of aryl methyl sites for hydroxylation is 3. The molecule has 3 aromatic rings. The zero-order valence-electron chi connectivity index (χ0n) is 14.4. The molecule has 0 aromatic carbocycles. The molecule has 0 saturated heterocycles. The Balaban J connectivity index is 1.41. The van der Waals surface area contributed by atoms with Crippen molar-refractivity contribution in [1.82, 2.24) is 29.8 Å². The Morgan fingerprint density at radius 3 is 3.04 bits per heavy atom. The van der Waals surface area contributed by atoms with Gasteiger partial charge < -0.3 is 9.88 Å². The Kier molecular flexibility index (Phi) is 3.91. The highest BCUT2D eigenvalue weighted by molar-refractivity contribution is 5.96. The molecule has 0 atom stereocenters. The average molecular weight is 336 g/mol. The molecule has 0 aliphatic heterocycles. The molecule has 1 amide bonds. The smallest absolute Gasteiger partial charge is 0.252 e. The van der Waals surface area contributed by atoms with Crippen LogP contribution in [0.15, 0.2) is 18.6 Å². The Labute approximate surface area is 145 Å². The van der Waals surface area contributed by atoms with Crippen LogP contribution in [-0.2, 0) is 26.3 Å². The molecule has 1 aliphatic carbocycles. The van der Waals surface area contributed by atoms with Crippen LogP contribution in [0.25, 0.3) is 11.2 Å². The number of hydrogen-bond donors (Lipinski definition) is 1. The van der Waals surface area contributed by atoms with Crippen molar-refractivity contribution in [2.75, 3.05) is 6.54 Å². The van der Waals surface area contributed by atoms with Crippen LogP contribution in [-0.4, -0.2) is 37.0 Å².